The molecule has 35 heavy (non-hydrogen) atoms. The van der Waals surface area contributed by atoms with Crippen LogP contribution in [0.5, 0.6) is 28.7 Å². The van der Waals surface area contributed by atoms with Gasteiger partial charge in [0, 0.05) is 0 Å². The van der Waals surface area contributed by atoms with Crippen LogP contribution in [0.2, 0.25) is 0 Å². The van der Waals surface area contributed by atoms with Crippen molar-refractivity contribution in [2.45, 2.75) is 47.0 Å². The van der Waals surface area contributed by atoms with E-state index in [0.717, 1.165) is 48.0 Å². The van der Waals surface area contributed by atoms with Gasteiger partial charge in [0.1, 0.15) is 0 Å². The van der Waals surface area contributed by atoms with E-state index in [-0.39, 0.29) is 0 Å². The van der Waals surface area contributed by atoms with E-state index >= 15 is 0 Å². The number of hydrogen-bond acceptors (Lipinski definition) is 3. The third-order valence-corrected chi connectivity index (χ3v) is 8.63. The fourth-order valence-corrected chi connectivity index (χ4v) is 6.05. The molecule has 0 aliphatic heterocycles. The SMILES string of the molecule is CCc1cc(C)cc(Oc2cc(CC)cc(Oc3cc(CC)cc([O][GeH2][c]4ccccc4)c3)c2)c1. The molecule has 0 amide bonds. The number of hydrogen-bond donors (Lipinski definition) is 0. The second-order valence-electron chi connectivity index (χ2n) is 8.82. The van der Waals surface area contributed by atoms with Crippen molar-refractivity contribution in [3.8, 4) is 28.7 Å². The molecule has 0 radical (unpaired) electrons. The Kier molecular flexibility index (Phi) is 8.54. The molecule has 3 nitrogen and oxygen atoms in total. The average Bonchev–Trinajstić information content (AvgIpc) is 2.87. The molecule has 4 heteroatoms. The van der Waals surface area contributed by atoms with E-state index in [1.165, 1.54) is 26.6 Å². The number of ether oxygens (including phenoxy) is 2. The van der Waals surface area contributed by atoms with E-state index in [1.54, 1.807) is 0 Å². The molecule has 0 saturated heterocycles. The third kappa shape index (κ3) is 7.16. The maximum atomic E-state index is 6.36. The van der Waals surface area contributed by atoms with Crippen LogP contribution < -0.4 is 17.6 Å². The molecule has 0 fully saturated rings. The first-order valence-electron chi connectivity index (χ1n) is 12.5. The molecule has 4 rings (SSSR count). The van der Waals surface area contributed by atoms with Gasteiger partial charge in [-0.05, 0) is 13.3 Å². The standard InChI is InChI=1S/C31H34GeO3/c1-5-23-13-22(4)14-27(15-23)33-28-16-24(6-2)17-29(20-28)34-30-18-25(7-3)19-31(21-30)35-32-26-11-9-8-10-12-26/h8-21H,5-7,32H2,1-4H3. The maximum absolute atomic E-state index is 6.36. The van der Waals surface area contributed by atoms with Gasteiger partial charge in [0.2, 0.25) is 0 Å². The van der Waals surface area contributed by atoms with Gasteiger partial charge in [-0.25, -0.2) is 0 Å². The molecule has 0 heterocycles. The molecule has 0 saturated carbocycles. The molecule has 0 bridgehead atoms. The van der Waals surface area contributed by atoms with Crippen molar-refractivity contribution >= 4 is 20.2 Å². The molecule has 4 aromatic rings. The van der Waals surface area contributed by atoms with Crippen LogP contribution in [0.1, 0.15) is 43.0 Å². The Labute approximate surface area is 215 Å². The number of benzene rings is 4. The zero-order chi connectivity index (χ0) is 24.6. The Morgan fingerprint density at radius 2 is 1.00 bits per heavy atom. The van der Waals surface area contributed by atoms with Crippen LogP contribution in [0.3, 0.4) is 0 Å². The van der Waals surface area contributed by atoms with Gasteiger partial charge in [-0.15, -0.1) is 0 Å². The summed E-state index contributed by atoms with van der Waals surface area (Å²) in [7, 11) is 0. The van der Waals surface area contributed by atoms with Crippen molar-refractivity contribution < 1.29 is 13.2 Å². The summed E-state index contributed by atoms with van der Waals surface area (Å²) in [4.78, 5) is 0. The second-order valence-corrected chi connectivity index (χ2v) is 11.7. The summed E-state index contributed by atoms with van der Waals surface area (Å²) in [5.74, 6) is 4.09. The Morgan fingerprint density at radius 1 is 0.543 bits per heavy atom. The quantitative estimate of drug-likeness (QED) is 0.207. The van der Waals surface area contributed by atoms with Crippen molar-refractivity contribution in [3.63, 3.8) is 0 Å². The number of aryl methyl sites for hydroxylation is 4. The van der Waals surface area contributed by atoms with E-state index in [1.807, 2.05) is 18.2 Å². The van der Waals surface area contributed by atoms with Crippen molar-refractivity contribution in [1.82, 2.24) is 0 Å². The van der Waals surface area contributed by atoms with Gasteiger partial charge in [-0.1, -0.05) is 13.0 Å². The summed E-state index contributed by atoms with van der Waals surface area (Å²) in [6.07, 6.45) is 2.80. The Morgan fingerprint density at radius 3 is 1.54 bits per heavy atom. The first-order chi connectivity index (χ1) is 17.0. The molecule has 180 valence electrons. The van der Waals surface area contributed by atoms with Gasteiger partial charge in [-0.2, -0.15) is 0 Å². The van der Waals surface area contributed by atoms with Crippen LogP contribution in [-0.2, 0) is 19.3 Å². The molecular weight excluding hydrogens is 493 g/mol. The predicted octanol–water partition coefficient (Wildman–Crippen LogP) is 7.05. The first-order valence-corrected chi connectivity index (χ1v) is 15.1. The number of rotatable bonds is 10. The molecular formula is C31H34GeO3. The van der Waals surface area contributed by atoms with Crippen LogP contribution >= 0.6 is 0 Å². The van der Waals surface area contributed by atoms with E-state index in [9.17, 15) is 0 Å². The Balaban J connectivity index is 1.56. The van der Waals surface area contributed by atoms with Gasteiger partial charge in [0.15, 0.2) is 0 Å². The van der Waals surface area contributed by atoms with Crippen LogP contribution in [-0.4, -0.2) is 15.8 Å². The van der Waals surface area contributed by atoms with E-state index in [0.29, 0.717) is 0 Å². The minimum atomic E-state index is -1.34. The zero-order valence-electron chi connectivity index (χ0n) is 21.1. The molecule has 0 N–H and O–H groups in total. The third-order valence-electron chi connectivity index (χ3n) is 5.93. The molecule has 0 aliphatic rings. The molecule has 0 unspecified atom stereocenters. The van der Waals surface area contributed by atoms with Gasteiger partial charge >= 0.3 is 190 Å². The molecule has 4 aromatic carbocycles. The van der Waals surface area contributed by atoms with Gasteiger partial charge in [0.25, 0.3) is 0 Å². The zero-order valence-corrected chi connectivity index (χ0v) is 24.1. The summed E-state index contributed by atoms with van der Waals surface area (Å²) in [6, 6.07) is 29.2. The van der Waals surface area contributed by atoms with E-state index in [2.05, 4.69) is 94.4 Å². The summed E-state index contributed by atoms with van der Waals surface area (Å²) >= 11 is -1.34. The van der Waals surface area contributed by atoms with Gasteiger partial charge in [-0.3, -0.25) is 0 Å². The minimum absolute atomic E-state index is 0.770. The predicted molar refractivity (Wildman–Crippen MR) is 148 cm³/mol. The average molecular weight is 527 g/mol. The van der Waals surface area contributed by atoms with E-state index in [4.69, 9.17) is 13.2 Å². The van der Waals surface area contributed by atoms with Gasteiger partial charge < -0.3 is 0 Å². The molecule has 0 aliphatic carbocycles. The molecule has 0 atom stereocenters. The topological polar surface area (TPSA) is 27.7 Å². The Bertz CT molecular complexity index is 1270. The van der Waals surface area contributed by atoms with Crippen molar-refractivity contribution in [2.75, 3.05) is 0 Å². The first kappa shape index (κ1) is 24.9. The van der Waals surface area contributed by atoms with Crippen LogP contribution in [0.25, 0.3) is 0 Å². The monoisotopic (exact) mass is 528 g/mol. The van der Waals surface area contributed by atoms with Crippen LogP contribution in [0, 0.1) is 6.92 Å². The fraction of sp³-hybridized carbons (Fsp3) is 0.226. The normalized spacial score (nSPS) is 11.1. The van der Waals surface area contributed by atoms with Gasteiger partial charge in [0.05, 0.1) is 0 Å². The van der Waals surface area contributed by atoms with Crippen LogP contribution in [0.4, 0.5) is 0 Å². The summed E-state index contributed by atoms with van der Waals surface area (Å²) in [5, 5.41) is 0. The van der Waals surface area contributed by atoms with Crippen molar-refractivity contribution in [2.24, 2.45) is 0 Å². The second kappa shape index (κ2) is 12.0. The van der Waals surface area contributed by atoms with E-state index < -0.39 is 15.8 Å². The summed E-state index contributed by atoms with van der Waals surface area (Å²) in [6.45, 7) is 8.56. The molecule has 0 spiro atoms. The molecule has 0 aromatic heterocycles. The Hall–Kier alpha value is -3.18. The van der Waals surface area contributed by atoms with Crippen molar-refractivity contribution in [1.29, 1.82) is 0 Å². The fourth-order valence-electron chi connectivity index (χ4n) is 4.03. The summed E-state index contributed by atoms with van der Waals surface area (Å²) in [5.41, 5.74) is 4.84. The van der Waals surface area contributed by atoms with Crippen LogP contribution in [0.15, 0.2) is 84.9 Å². The summed E-state index contributed by atoms with van der Waals surface area (Å²) < 4.78 is 20.2. The van der Waals surface area contributed by atoms with Crippen molar-refractivity contribution in [3.05, 3.63) is 107 Å².